The number of hydrogen-bond acceptors (Lipinski definition) is 4. The third-order valence-corrected chi connectivity index (χ3v) is 2.84. The number of rotatable bonds is 9. The lowest BCUT2D eigenvalue weighted by Gasteiger charge is -2.01. The second-order valence-corrected chi connectivity index (χ2v) is 4.24. The van der Waals surface area contributed by atoms with Crippen molar-refractivity contribution in [3.8, 4) is 0 Å². The number of nitrogens with two attached hydrogens (primary N) is 1. The number of thioether (sulfide) groups is 1. The maximum atomic E-state index is 10.9. The Morgan fingerprint density at radius 3 is 2.71 bits per heavy atom. The minimum atomic E-state index is -0.0675. The summed E-state index contributed by atoms with van der Waals surface area (Å²) in [6.07, 6.45) is 3.79. The Morgan fingerprint density at radius 1 is 1.29 bits per heavy atom. The molecule has 14 heavy (non-hydrogen) atoms. The van der Waals surface area contributed by atoms with E-state index < -0.39 is 0 Å². The molecule has 0 aliphatic carbocycles. The van der Waals surface area contributed by atoms with Crippen LogP contribution >= 0.6 is 11.8 Å². The van der Waals surface area contributed by atoms with Crippen molar-refractivity contribution >= 4 is 17.7 Å². The molecule has 0 amide bonds. The summed E-state index contributed by atoms with van der Waals surface area (Å²) in [6, 6.07) is 0. The zero-order valence-corrected chi connectivity index (χ0v) is 9.78. The zero-order chi connectivity index (χ0) is 10.6. The normalized spacial score (nSPS) is 10.1. The van der Waals surface area contributed by atoms with Gasteiger partial charge in [0.25, 0.3) is 0 Å². The van der Waals surface area contributed by atoms with Gasteiger partial charge in [0, 0.05) is 18.7 Å². The molecule has 0 saturated heterocycles. The Balaban J connectivity index is 3.01. The molecule has 0 unspecified atom stereocenters. The van der Waals surface area contributed by atoms with Crippen molar-refractivity contribution in [2.24, 2.45) is 5.73 Å². The van der Waals surface area contributed by atoms with Crippen LogP contribution in [0.15, 0.2) is 0 Å². The Bertz CT molecular complexity index is 142. The van der Waals surface area contributed by atoms with Crippen LogP contribution in [0.3, 0.4) is 0 Å². The van der Waals surface area contributed by atoms with Crippen molar-refractivity contribution in [3.05, 3.63) is 0 Å². The fourth-order valence-corrected chi connectivity index (χ4v) is 1.85. The van der Waals surface area contributed by atoms with Gasteiger partial charge in [0.05, 0.1) is 6.61 Å². The smallest absolute Gasteiger partial charge is 0.305 e. The molecule has 4 heteroatoms. The first-order valence-electron chi connectivity index (χ1n) is 5.24. The predicted molar refractivity (Wildman–Crippen MR) is 61.5 cm³/mol. The summed E-state index contributed by atoms with van der Waals surface area (Å²) in [6.45, 7) is 3.08. The van der Waals surface area contributed by atoms with Crippen molar-refractivity contribution in [2.45, 2.75) is 32.6 Å². The van der Waals surface area contributed by atoms with Gasteiger partial charge in [-0.2, -0.15) is 11.8 Å². The van der Waals surface area contributed by atoms with Gasteiger partial charge in [-0.1, -0.05) is 6.42 Å². The maximum absolute atomic E-state index is 10.9. The van der Waals surface area contributed by atoms with E-state index in [9.17, 15) is 4.79 Å². The Morgan fingerprint density at radius 2 is 2.07 bits per heavy atom. The number of carbonyl (C=O) groups excluding carboxylic acids is 1. The monoisotopic (exact) mass is 219 g/mol. The predicted octanol–water partition coefficient (Wildman–Crippen LogP) is 1.80. The highest BCUT2D eigenvalue weighted by atomic mass is 32.2. The summed E-state index contributed by atoms with van der Waals surface area (Å²) in [5.74, 6) is 2.12. The van der Waals surface area contributed by atoms with E-state index in [4.69, 9.17) is 10.5 Å². The van der Waals surface area contributed by atoms with Gasteiger partial charge in [-0.25, -0.2) is 0 Å². The van der Waals surface area contributed by atoms with Crippen LogP contribution in [-0.2, 0) is 9.53 Å². The summed E-state index contributed by atoms with van der Waals surface area (Å²) >= 11 is 1.88. The molecule has 0 spiro atoms. The van der Waals surface area contributed by atoms with Crippen molar-refractivity contribution in [2.75, 3.05) is 24.7 Å². The third kappa shape index (κ3) is 9.86. The lowest BCUT2D eigenvalue weighted by Crippen LogP contribution is -2.03. The van der Waals surface area contributed by atoms with Crippen LogP contribution in [-0.4, -0.2) is 30.6 Å². The van der Waals surface area contributed by atoms with Gasteiger partial charge in [0.2, 0.25) is 0 Å². The summed E-state index contributed by atoms with van der Waals surface area (Å²) in [7, 11) is 0. The molecule has 0 fully saturated rings. The van der Waals surface area contributed by atoms with Gasteiger partial charge >= 0.3 is 5.97 Å². The SMILES string of the molecule is CCOC(=O)CCCCCSCCN. The molecule has 0 aliphatic heterocycles. The summed E-state index contributed by atoms with van der Waals surface area (Å²) in [4.78, 5) is 10.9. The van der Waals surface area contributed by atoms with E-state index in [-0.39, 0.29) is 5.97 Å². The Hall–Kier alpha value is -0.220. The highest BCUT2D eigenvalue weighted by Crippen LogP contribution is 2.07. The second-order valence-electron chi connectivity index (χ2n) is 3.02. The van der Waals surface area contributed by atoms with Crippen LogP contribution in [0.5, 0.6) is 0 Å². The molecule has 0 aliphatic rings. The van der Waals surface area contributed by atoms with Crippen molar-refractivity contribution < 1.29 is 9.53 Å². The van der Waals surface area contributed by atoms with Crippen LogP contribution in [0.1, 0.15) is 32.6 Å². The van der Waals surface area contributed by atoms with Crippen LogP contribution < -0.4 is 5.73 Å². The summed E-state index contributed by atoms with van der Waals surface area (Å²) in [5.41, 5.74) is 5.36. The first-order chi connectivity index (χ1) is 6.81. The van der Waals surface area contributed by atoms with Gasteiger partial charge in [0.1, 0.15) is 0 Å². The fraction of sp³-hybridized carbons (Fsp3) is 0.900. The lowest BCUT2D eigenvalue weighted by molar-refractivity contribution is -0.143. The average Bonchev–Trinajstić information content (AvgIpc) is 2.17. The largest absolute Gasteiger partial charge is 0.466 e. The van der Waals surface area contributed by atoms with Gasteiger partial charge in [-0.05, 0) is 25.5 Å². The Labute approximate surface area is 90.8 Å². The second kappa shape index (κ2) is 10.9. The van der Waals surface area contributed by atoms with E-state index in [2.05, 4.69) is 0 Å². The van der Waals surface area contributed by atoms with Crippen LogP contribution in [0, 0.1) is 0 Å². The first-order valence-corrected chi connectivity index (χ1v) is 6.40. The quantitative estimate of drug-likeness (QED) is 0.474. The zero-order valence-electron chi connectivity index (χ0n) is 8.96. The van der Waals surface area contributed by atoms with E-state index >= 15 is 0 Å². The Kier molecular flexibility index (Phi) is 10.7. The number of esters is 1. The number of hydrogen-bond donors (Lipinski definition) is 1. The maximum Gasteiger partial charge on any atom is 0.305 e. The van der Waals surface area contributed by atoms with Crippen LogP contribution in [0.25, 0.3) is 0 Å². The highest BCUT2D eigenvalue weighted by molar-refractivity contribution is 7.99. The van der Waals surface area contributed by atoms with Gasteiger partial charge in [-0.3, -0.25) is 4.79 Å². The molecule has 2 N–H and O–H groups in total. The van der Waals surface area contributed by atoms with Gasteiger partial charge in [-0.15, -0.1) is 0 Å². The first kappa shape index (κ1) is 13.8. The van der Waals surface area contributed by atoms with Crippen LogP contribution in [0.2, 0.25) is 0 Å². The molecule has 0 aromatic rings. The molecule has 0 aromatic heterocycles. The average molecular weight is 219 g/mol. The molecule has 0 bridgehead atoms. The summed E-state index contributed by atoms with van der Waals surface area (Å²) in [5, 5.41) is 0. The molecule has 0 heterocycles. The van der Waals surface area contributed by atoms with Crippen molar-refractivity contribution in [3.63, 3.8) is 0 Å². The minimum Gasteiger partial charge on any atom is -0.466 e. The standard InChI is InChI=1S/C10H21NO2S/c1-2-13-10(12)6-4-3-5-8-14-9-7-11/h2-9,11H2,1H3. The fourth-order valence-electron chi connectivity index (χ4n) is 1.07. The van der Waals surface area contributed by atoms with Crippen molar-refractivity contribution in [1.29, 1.82) is 0 Å². The third-order valence-electron chi connectivity index (χ3n) is 1.74. The molecule has 84 valence electrons. The molecular weight excluding hydrogens is 198 g/mol. The molecule has 3 nitrogen and oxygen atoms in total. The topological polar surface area (TPSA) is 52.3 Å². The molecule has 0 radical (unpaired) electrons. The van der Waals surface area contributed by atoms with Gasteiger partial charge in [0.15, 0.2) is 0 Å². The molecule has 0 rings (SSSR count). The van der Waals surface area contributed by atoms with Gasteiger partial charge < -0.3 is 10.5 Å². The van der Waals surface area contributed by atoms with E-state index in [1.54, 1.807) is 0 Å². The number of ether oxygens (including phenoxy) is 1. The molecule has 0 saturated carbocycles. The van der Waals surface area contributed by atoms with Crippen LogP contribution in [0.4, 0.5) is 0 Å². The molecule has 0 atom stereocenters. The van der Waals surface area contributed by atoms with E-state index in [1.807, 2.05) is 18.7 Å². The van der Waals surface area contributed by atoms with Crippen molar-refractivity contribution in [1.82, 2.24) is 0 Å². The lowest BCUT2D eigenvalue weighted by atomic mass is 10.2. The van der Waals surface area contributed by atoms with E-state index in [1.165, 1.54) is 6.42 Å². The van der Waals surface area contributed by atoms with E-state index in [0.717, 1.165) is 30.9 Å². The molecule has 0 aromatic carbocycles. The summed E-state index contributed by atoms with van der Waals surface area (Å²) < 4.78 is 4.83. The number of unbranched alkanes of at least 4 members (excludes halogenated alkanes) is 2. The minimum absolute atomic E-state index is 0.0675. The highest BCUT2D eigenvalue weighted by Gasteiger charge is 2.00. The molecular formula is C10H21NO2S. The number of carbonyl (C=O) groups is 1. The van der Waals surface area contributed by atoms with E-state index in [0.29, 0.717) is 13.0 Å².